The van der Waals surface area contributed by atoms with Crippen LogP contribution in [0.2, 0.25) is 0 Å². The van der Waals surface area contributed by atoms with Gasteiger partial charge in [-0.1, -0.05) is 0 Å². The van der Waals surface area contributed by atoms with Crippen molar-refractivity contribution in [3.63, 3.8) is 0 Å². The van der Waals surface area contributed by atoms with E-state index in [-0.39, 0.29) is 0 Å². The van der Waals surface area contributed by atoms with E-state index in [1.165, 1.54) is 0 Å². The molecule has 68 valence electrons. The number of hydrogen-bond acceptors (Lipinski definition) is 4. The lowest BCUT2D eigenvalue weighted by molar-refractivity contribution is -0.108. The lowest BCUT2D eigenvalue weighted by atomic mass is 10.2. The Morgan fingerprint density at radius 2 is 2.50 bits per heavy atom. The molecule has 1 aromatic rings. The summed E-state index contributed by atoms with van der Waals surface area (Å²) in [4.78, 5) is 16.7. The van der Waals surface area contributed by atoms with Gasteiger partial charge in [0.2, 0.25) is 0 Å². The quantitative estimate of drug-likeness (QED) is 0.513. The number of carbonyl (C=O) groups excluding carboxylic acids is 1. The fourth-order valence-electron chi connectivity index (χ4n) is 0.698. The van der Waals surface area contributed by atoms with Crippen LogP contribution in [0.3, 0.4) is 0 Å². The Morgan fingerprint density at radius 1 is 1.83 bits per heavy atom. The molecule has 1 aromatic heterocycles. The first kappa shape index (κ1) is 10.8. The number of aromatic nitrogens is 2. The monoisotopic (exact) mass is 171 g/mol. The molecule has 0 aliphatic heterocycles. The number of aliphatic hydroxyl groups excluding tert-OH is 1. The summed E-state index contributed by atoms with van der Waals surface area (Å²) in [5.41, 5.74) is 6.24. The van der Waals surface area contributed by atoms with Crippen LogP contribution in [-0.2, 0) is 11.2 Å². The summed E-state index contributed by atoms with van der Waals surface area (Å²) in [5.74, 6) is 0. The van der Waals surface area contributed by atoms with Crippen LogP contribution >= 0.6 is 0 Å². The Balaban J connectivity index is 0.000000561. The number of aliphatic hydroxyl groups is 1. The Morgan fingerprint density at radius 3 is 2.92 bits per heavy atom. The highest BCUT2D eigenvalue weighted by atomic mass is 16.2. The lowest BCUT2D eigenvalue weighted by Gasteiger charge is -1.98. The summed E-state index contributed by atoms with van der Waals surface area (Å²) < 4.78 is 0. The molecule has 5 heteroatoms. The van der Waals surface area contributed by atoms with Crippen LogP contribution in [0.25, 0.3) is 0 Å². The van der Waals surface area contributed by atoms with Crippen molar-refractivity contribution < 1.29 is 9.90 Å². The van der Waals surface area contributed by atoms with Crippen molar-refractivity contribution in [2.24, 2.45) is 5.73 Å². The second-order valence-corrected chi connectivity index (χ2v) is 2.08. The Hall–Kier alpha value is -1.20. The number of nitrogens with one attached hydrogen (secondary N) is 1. The van der Waals surface area contributed by atoms with E-state index in [1.54, 1.807) is 12.5 Å². The largest absolute Gasteiger partial charge is 0.400 e. The van der Waals surface area contributed by atoms with Crippen LogP contribution in [0.5, 0.6) is 0 Å². The number of nitrogens with zero attached hydrogens (tertiary/aromatic N) is 1. The van der Waals surface area contributed by atoms with Crippen molar-refractivity contribution in [1.82, 2.24) is 9.97 Å². The van der Waals surface area contributed by atoms with Gasteiger partial charge in [0.15, 0.2) is 0 Å². The third kappa shape index (κ3) is 3.85. The minimum Gasteiger partial charge on any atom is -0.400 e. The molecule has 0 aromatic carbocycles. The van der Waals surface area contributed by atoms with Crippen LogP contribution in [0.15, 0.2) is 12.5 Å². The molecule has 1 atom stereocenters. The predicted molar refractivity (Wildman–Crippen MR) is 44.5 cm³/mol. The molecule has 1 unspecified atom stereocenters. The number of nitrogens with two attached hydrogens (primary N) is 1. The number of carbonyl (C=O) groups is 1. The van der Waals surface area contributed by atoms with Crippen LogP contribution in [-0.4, -0.2) is 34.5 Å². The zero-order chi connectivity index (χ0) is 9.40. The van der Waals surface area contributed by atoms with Gasteiger partial charge in [0, 0.05) is 25.4 Å². The second kappa shape index (κ2) is 6.51. The molecule has 12 heavy (non-hydrogen) atoms. The minimum atomic E-state index is -0.416. The minimum absolute atomic E-state index is 0.416. The fourth-order valence-corrected chi connectivity index (χ4v) is 0.698. The Bertz CT molecular complexity index is 198. The Kier molecular flexibility index (Phi) is 5.86. The second-order valence-electron chi connectivity index (χ2n) is 2.08. The van der Waals surface area contributed by atoms with E-state index in [0.29, 0.717) is 6.42 Å². The number of imidazole rings is 1. The van der Waals surface area contributed by atoms with Gasteiger partial charge in [-0.2, -0.15) is 0 Å². The molecule has 0 spiro atoms. The SMILES string of the molecule is CO.NC(C=O)Cc1cnc[nH]1. The van der Waals surface area contributed by atoms with E-state index in [1.807, 2.05) is 0 Å². The zero-order valence-corrected chi connectivity index (χ0v) is 6.90. The molecule has 0 aliphatic carbocycles. The van der Waals surface area contributed by atoms with Crippen LogP contribution < -0.4 is 5.73 Å². The normalized spacial score (nSPS) is 11.2. The van der Waals surface area contributed by atoms with Crippen LogP contribution in [0, 0.1) is 0 Å². The molecule has 0 amide bonds. The number of aldehydes is 1. The van der Waals surface area contributed by atoms with Gasteiger partial charge in [-0.3, -0.25) is 0 Å². The molecule has 0 fully saturated rings. The summed E-state index contributed by atoms with van der Waals surface area (Å²) in [6.45, 7) is 0. The maximum absolute atomic E-state index is 10.1. The third-order valence-electron chi connectivity index (χ3n) is 1.19. The summed E-state index contributed by atoms with van der Waals surface area (Å²) in [5, 5.41) is 7.00. The molecule has 1 heterocycles. The van der Waals surface area contributed by atoms with Crippen molar-refractivity contribution in [2.45, 2.75) is 12.5 Å². The standard InChI is InChI=1S/C6H9N3O.CH4O/c7-5(3-10)1-6-2-8-4-9-6;1-2/h2-5H,1,7H2,(H,8,9);2H,1H3. The van der Waals surface area contributed by atoms with Crippen molar-refractivity contribution in [1.29, 1.82) is 0 Å². The first-order chi connectivity index (χ1) is 5.83. The van der Waals surface area contributed by atoms with Gasteiger partial charge in [-0.05, 0) is 0 Å². The molecule has 0 saturated heterocycles. The van der Waals surface area contributed by atoms with E-state index in [2.05, 4.69) is 9.97 Å². The van der Waals surface area contributed by atoms with Gasteiger partial charge < -0.3 is 20.6 Å². The highest BCUT2D eigenvalue weighted by Gasteiger charge is 2.01. The molecule has 0 bridgehead atoms. The average Bonchev–Trinajstić information content (AvgIpc) is 2.60. The maximum Gasteiger partial charge on any atom is 0.137 e. The number of rotatable bonds is 3. The molecule has 0 radical (unpaired) electrons. The van der Waals surface area contributed by atoms with E-state index in [9.17, 15) is 4.79 Å². The first-order valence-corrected chi connectivity index (χ1v) is 3.46. The maximum atomic E-state index is 10.1. The van der Waals surface area contributed by atoms with Gasteiger partial charge in [0.05, 0.1) is 12.4 Å². The molecule has 4 N–H and O–H groups in total. The van der Waals surface area contributed by atoms with Crippen molar-refractivity contribution in [3.05, 3.63) is 18.2 Å². The zero-order valence-electron chi connectivity index (χ0n) is 6.90. The van der Waals surface area contributed by atoms with Gasteiger partial charge in [0.25, 0.3) is 0 Å². The predicted octanol–water partition coefficient (Wildman–Crippen LogP) is -0.913. The van der Waals surface area contributed by atoms with E-state index >= 15 is 0 Å². The highest BCUT2D eigenvalue weighted by molar-refractivity contribution is 5.57. The molecule has 0 saturated carbocycles. The highest BCUT2D eigenvalue weighted by Crippen LogP contribution is 1.93. The van der Waals surface area contributed by atoms with Gasteiger partial charge in [-0.25, -0.2) is 4.98 Å². The number of aromatic amines is 1. The number of hydrogen-bond donors (Lipinski definition) is 3. The summed E-state index contributed by atoms with van der Waals surface area (Å²) in [6, 6.07) is -0.416. The van der Waals surface area contributed by atoms with Crippen LogP contribution in [0.4, 0.5) is 0 Å². The molecule has 5 nitrogen and oxygen atoms in total. The first-order valence-electron chi connectivity index (χ1n) is 3.46. The number of H-pyrrole nitrogens is 1. The van der Waals surface area contributed by atoms with Crippen molar-refractivity contribution >= 4 is 6.29 Å². The third-order valence-corrected chi connectivity index (χ3v) is 1.19. The summed E-state index contributed by atoms with van der Waals surface area (Å²) >= 11 is 0. The lowest BCUT2D eigenvalue weighted by Crippen LogP contribution is -2.24. The van der Waals surface area contributed by atoms with Crippen LogP contribution in [0.1, 0.15) is 5.69 Å². The summed E-state index contributed by atoms with van der Waals surface area (Å²) in [6.07, 6.45) is 4.47. The van der Waals surface area contributed by atoms with Gasteiger partial charge >= 0.3 is 0 Å². The Labute approximate surface area is 70.6 Å². The van der Waals surface area contributed by atoms with E-state index in [0.717, 1.165) is 19.1 Å². The van der Waals surface area contributed by atoms with E-state index < -0.39 is 6.04 Å². The molecular formula is C7H13N3O2. The van der Waals surface area contributed by atoms with Crippen molar-refractivity contribution in [2.75, 3.05) is 7.11 Å². The topological polar surface area (TPSA) is 92.0 Å². The molecule has 0 aliphatic rings. The molecule has 1 rings (SSSR count). The van der Waals surface area contributed by atoms with Gasteiger partial charge in [-0.15, -0.1) is 0 Å². The van der Waals surface area contributed by atoms with E-state index in [4.69, 9.17) is 10.8 Å². The average molecular weight is 171 g/mol. The molecular weight excluding hydrogens is 158 g/mol. The van der Waals surface area contributed by atoms with Gasteiger partial charge in [0.1, 0.15) is 6.29 Å². The van der Waals surface area contributed by atoms with Crippen molar-refractivity contribution in [3.8, 4) is 0 Å². The summed E-state index contributed by atoms with van der Waals surface area (Å²) in [7, 11) is 1.00. The smallest absolute Gasteiger partial charge is 0.137 e. The fraction of sp³-hybridized carbons (Fsp3) is 0.429.